The zero-order valence-electron chi connectivity index (χ0n) is 67.0. The van der Waals surface area contributed by atoms with E-state index in [1.165, 1.54) is 58.5 Å². The highest BCUT2D eigenvalue weighted by atomic mass is 31.2. The fourth-order valence-corrected chi connectivity index (χ4v) is 21.3. The smallest absolute Gasteiger partial charge is 0.338 e. The summed E-state index contributed by atoms with van der Waals surface area (Å²) in [5, 5.41) is -0.672. The van der Waals surface area contributed by atoms with Crippen LogP contribution in [0, 0.1) is 75.0 Å². The van der Waals surface area contributed by atoms with Crippen LogP contribution in [0.5, 0.6) is 40.2 Å². The summed E-state index contributed by atoms with van der Waals surface area (Å²) in [5.41, 5.74) is 8.61. The summed E-state index contributed by atoms with van der Waals surface area (Å²) in [6.07, 6.45) is 18.2. The van der Waals surface area contributed by atoms with Crippen LogP contribution in [0.1, 0.15) is 138 Å². The van der Waals surface area contributed by atoms with Crippen LogP contribution in [0.2, 0.25) is 0 Å². The van der Waals surface area contributed by atoms with Crippen molar-refractivity contribution in [3.05, 3.63) is 299 Å². The molecule has 14 nitrogen and oxygen atoms in total. The maximum Gasteiger partial charge on any atom is 0.338 e. The lowest BCUT2D eigenvalue weighted by molar-refractivity contribution is 0.00213. The molecule has 13 unspecified atom stereocenters. The molecule has 0 aromatic heterocycles. The third kappa shape index (κ3) is 20.4. The Kier molecular flexibility index (Phi) is 26.2. The molecule has 0 amide bonds. The summed E-state index contributed by atoms with van der Waals surface area (Å²) in [5.74, 6) is 13.3. The molecule has 8 fully saturated rings. The Morgan fingerprint density at radius 1 is 0.374 bits per heavy atom. The number of hydrogen-bond donors (Lipinski definition) is 0. The number of epoxide rings is 2. The predicted octanol–water partition coefficient (Wildman–Crippen LogP) is 21.8. The Morgan fingerprint density at radius 2 is 0.678 bits per heavy atom. The van der Waals surface area contributed by atoms with Crippen molar-refractivity contribution in [2.75, 3.05) is 52.9 Å². The molecule has 13 atom stereocenters. The number of hydrogen-bond acceptors (Lipinski definition) is 14. The zero-order valence-corrected chi connectivity index (χ0v) is 67.9. The van der Waals surface area contributed by atoms with E-state index in [0.717, 1.165) is 47.0 Å². The van der Waals surface area contributed by atoms with Crippen LogP contribution < -0.4 is 38.2 Å². The number of fused-ring (bicyclic) bond motifs is 13. The van der Waals surface area contributed by atoms with E-state index in [4.69, 9.17) is 51.9 Å². The first-order chi connectivity index (χ1) is 56.1. The minimum absolute atomic E-state index is 0.00132. The van der Waals surface area contributed by atoms with Crippen LogP contribution in [-0.2, 0) is 28.7 Å². The van der Waals surface area contributed by atoms with Crippen molar-refractivity contribution in [1.82, 2.24) is 0 Å². The van der Waals surface area contributed by atoms with Gasteiger partial charge in [0.25, 0.3) is 7.37 Å². The number of carbonyl (C=O) groups excluding carboxylic acids is 2. The first-order valence-electron chi connectivity index (χ1n) is 41.6. The molecule has 6 saturated carbocycles. The largest absolute Gasteiger partial charge is 0.491 e. The Hall–Kier alpha value is -10.1. The van der Waals surface area contributed by atoms with Crippen LogP contribution in [0.4, 0.5) is 0 Å². The van der Waals surface area contributed by atoms with E-state index in [-0.39, 0.29) is 26.4 Å². The van der Waals surface area contributed by atoms with E-state index in [1.807, 2.05) is 227 Å². The fraction of sp³-hybridized carbons (Fsp3) is 0.380. The summed E-state index contributed by atoms with van der Waals surface area (Å²) < 4.78 is 80.6. The topological polar surface area (TPSA) is 159 Å². The van der Waals surface area contributed by atoms with E-state index in [2.05, 4.69) is 13.8 Å². The molecule has 4 bridgehead atoms. The molecule has 2 saturated heterocycles. The summed E-state index contributed by atoms with van der Waals surface area (Å²) in [4.78, 5) is 26.4. The van der Waals surface area contributed by atoms with Crippen molar-refractivity contribution < 1.29 is 66.0 Å². The van der Waals surface area contributed by atoms with Gasteiger partial charge in [-0.25, -0.2) is 9.59 Å². The van der Waals surface area contributed by atoms with Gasteiger partial charge in [-0.1, -0.05) is 181 Å². The number of benzene rings is 10. The second-order valence-electron chi connectivity index (χ2n) is 32.8. The van der Waals surface area contributed by atoms with Gasteiger partial charge in [-0.3, -0.25) is 4.57 Å². The van der Waals surface area contributed by atoms with Gasteiger partial charge in [0.15, 0.2) is 12.2 Å². The standard InChI is InChI=1S/C60H53O10P.2C10H12O2.2C10H16/c1-42-22-30-48(31-23-42)64-38-52(68-58(61)44-14-6-4-7-15-44)40-66-50-34-26-46(27-35-50)60(3,71(63)57-21-13-11-19-55(57)54-18-10-12-20-56(54)70-71)47-28-36-51(37-29-47)67-41-53(39-65-49-32-24-43(2)25-33-49)69-59(62)45-16-8-5-9-17-45;2*1-8-2-4-9(5-3-8)11-6-10-7-12-10;2*1-2-9-7-4-5-8(6-7)10(9)3-1/h4-37,52-53H,38-41H2,1-3H3;2*2-5,10H,6-7H2,1H3;2*7-10H,1-6H2. The molecule has 15 heteroatoms. The number of esters is 2. The molecule has 0 radical (unpaired) electrons. The molecular formula is C100H109O14P. The van der Waals surface area contributed by atoms with Crippen molar-refractivity contribution in [2.24, 2.45) is 47.3 Å². The Bertz CT molecular complexity index is 4540. The maximum absolute atomic E-state index is 16.3. The molecular weight excluding hydrogens is 1460 g/mol. The molecule has 0 spiro atoms. The number of ether oxygens (including phenoxy) is 10. The van der Waals surface area contributed by atoms with Crippen LogP contribution >= 0.6 is 7.37 Å². The highest BCUT2D eigenvalue weighted by molar-refractivity contribution is 7.69. The average Bonchev–Trinajstić information content (AvgIpc) is 1.47. The van der Waals surface area contributed by atoms with Crippen LogP contribution in [0.3, 0.4) is 0 Å². The van der Waals surface area contributed by atoms with Gasteiger partial charge in [-0.05, 0) is 272 Å². The molecule has 3 heterocycles. The minimum Gasteiger partial charge on any atom is -0.491 e. The van der Waals surface area contributed by atoms with Crippen molar-refractivity contribution in [3.8, 4) is 51.4 Å². The molecule has 19 rings (SSSR count). The van der Waals surface area contributed by atoms with Crippen molar-refractivity contribution in [2.45, 2.75) is 141 Å². The lowest BCUT2D eigenvalue weighted by atomic mass is 9.82. The normalized spacial score (nSPS) is 23.7. The molecule has 9 aliphatic rings. The lowest BCUT2D eigenvalue weighted by Crippen LogP contribution is -2.34. The van der Waals surface area contributed by atoms with Crippen LogP contribution in [0.15, 0.2) is 255 Å². The maximum atomic E-state index is 16.3. The summed E-state index contributed by atoms with van der Waals surface area (Å²) in [7, 11) is -3.90. The van der Waals surface area contributed by atoms with Crippen molar-refractivity contribution in [3.63, 3.8) is 0 Å². The van der Waals surface area contributed by atoms with Gasteiger partial charge in [0.2, 0.25) is 0 Å². The molecule has 3 aliphatic heterocycles. The first-order valence-corrected chi connectivity index (χ1v) is 43.3. The van der Waals surface area contributed by atoms with E-state index in [9.17, 15) is 9.59 Å². The molecule has 10 aromatic carbocycles. The number of aryl methyl sites for hydroxylation is 4. The van der Waals surface area contributed by atoms with Gasteiger partial charge in [0.1, 0.15) is 97.3 Å². The number of rotatable bonds is 25. The second kappa shape index (κ2) is 37.7. The Morgan fingerprint density at radius 3 is 1.03 bits per heavy atom. The minimum atomic E-state index is -3.90. The summed E-state index contributed by atoms with van der Waals surface area (Å²) >= 11 is 0. The van der Waals surface area contributed by atoms with E-state index < -0.39 is 36.7 Å². The third-order valence-corrected chi connectivity index (χ3v) is 28.0. The second-order valence-corrected chi connectivity index (χ2v) is 35.4. The monoisotopic (exact) mass is 1560 g/mol. The Balaban J connectivity index is 0.000000184. The first kappa shape index (κ1) is 80.1. The molecule has 0 N–H and O–H groups in total. The average molecular weight is 1570 g/mol. The molecule has 598 valence electrons. The van der Waals surface area contributed by atoms with Gasteiger partial charge in [-0.15, -0.1) is 0 Å². The third-order valence-electron chi connectivity index (χ3n) is 24.8. The van der Waals surface area contributed by atoms with Crippen LogP contribution in [-0.4, -0.2) is 89.2 Å². The van der Waals surface area contributed by atoms with Gasteiger partial charge in [0.05, 0.1) is 29.6 Å². The fourth-order valence-electron chi connectivity index (χ4n) is 18.4. The van der Waals surface area contributed by atoms with E-state index in [1.54, 1.807) is 126 Å². The Labute approximate surface area is 678 Å². The summed E-state index contributed by atoms with van der Waals surface area (Å²) in [6, 6.07) is 79.1. The van der Waals surface area contributed by atoms with Gasteiger partial charge >= 0.3 is 11.9 Å². The molecule has 115 heavy (non-hydrogen) atoms. The van der Waals surface area contributed by atoms with Gasteiger partial charge < -0.3 is 51.9 Å². The van der Waals surface area contributed by atoms with Crippen LogP contribution in [0.25, 0.3) is 11.1 Å². The quantitative estimate of drug-likeness (QED) is 0.0302. The number of carbonyl (C=O) groups is 2. The highest BCUT2D eigenvalue weighted by Crippen LogP contribution is 2.69. The van der Waals surface area contributed by atoms with Gasteiger partial charge in [-0.2, -0.15) is 0 Å². The van der Waals surface area contributed by atoms with Gasteiger partial charge in [0, 0.05) is 5.56 Å². The molecule has 6 aliphatic carbocycles. The summed E-state index contributed by atoms with van der Waals surface area (Å²) in [6.45, 7) is 13.2. The highest BCUT2D eigenvalue weighted by Gasteiger charge is 2.54. The van der Waals surface area contributed by atoms with E-state index >= 15 is 4.57 Å². The van der Waals surface area contributed by atoms with Crippen molar-refractivity contribution in [1.29, 1.82) is 0 Å². The van der Waals surface area contributed by atoms with Crippen molar-refractivity contribution >= 4 is 24.6 Å². The zero-order chi connectivity index (χ0) is 79.1. The molecule has 10 aromatic rings. The van der Waals surface area contributed by atoms with E-state index in [0.29, 0.717) is 81.7 Å². The predicted molar refractivity (Wildman–Crippen MR) is 451 cm³/mol. The lowest BCUT2D eigenvalue weighted by Gasteiger charge is -2.41. The SMILES string of the molecule is C1CC2C3CCC(C3)C2C1.C1CC2C3CCC(C3)C2C1.Cc1ccc(OCC(COc2ccc(C(C)(c3ccc(OCC(COc4ccc(C)cc4)OC(=O)c4ccccc4)cc3)P3(=O)Oc4ccccc4-c4ccccc43)cc2)OC(=O)c2ccccc2)cc1.Cc1ccc(OCC2CO2)cc1.Cc1ccc(OCC2CO2)cc1. The number of para-hydroxylation sites is 1.